The number of hydrogen-bond acceptors (Lipinski definition) is 5. The molecular weight excluding hydrogens is 342 g/mol. The quantitative estimate of drug-likeness (QED) is 0.442. The van der Waals surface area contributed by atoms with Crippen LogP contribution in [0.2, 0.25) is 0 Å². The van der Waals surface area contributed by atoms with Crippen LogP contribution in [0, 0.1) is 10.1 Å². The molecule has 1 N–H and O–H groups in total. The van der Waals surface area contributed by atoms with Crippen LogP contribution in [0.1, 0.15) is 12.0 Å². The van der Waals surface area contributed by atoms with Crippen molar-refractivity contribution in [3.05, 3.63) is 64.2 Å². The summed E-state index contributed by atoms with van der Waals surface area (Å²) in [5, 5.41) is 10.6. The third kappa shape index (κ3) is 5.27. The van der Waals surface area contributed by atoms with Crippen molar-refractivity contribution in [2.45, 2.75) is 17.7 Å². The highest BCUT2D eigenvalue weighted by Gasteiger charge is 2.15. The molecule has 0 fully saturated rings. The smallest absolute Gasteiger partial charge is 0.269 e. The molecule has 7 nitrogen and oxygen atoms in total. The second-order valence-corrected chi connectivity index (χ2v) is 7.58. The number of anilines is 1. The van der Waals surface area contributed by atoms with Crippen LogP contribution < -0.4 is 9.62 Å². The highest BCUT2D eigenvalue weighted by Crippen LogP contribution is 2.16. The Morgan fingerprint density at radius 3 is 2.16 bits per heavy atom. The lowest BCUT2D eigenvalue weighted by Gasteiger charge is -2.12. The summed E-state index contributed by atoms with van der Waals surface area (Å²) < 4.78 is 26.8. The minimum absolute atomic E-state index is 0.0217. The minimum Gasteiger partial charge on any atom is -0.378 e. The number of sulfonamides is 1. The lowest BCUT2D eigenvalue weighted by molar-refractivity contribution is -0.384. The molecule has 2 aromatic carbocycles. The Morgan fingerprint density at radius 2 is 1.64 bits per heavy atom. The lowest BCUT2D eigenvalue weighted by atomic mass is 10.1. The monoisotopic (exact) mass is 363 g/mol. The van der Waals surface area contributed by atoms with E-state index in [-0.39, 0.29) is 10.6 Å². The third-order valence-electron chi connectivity index (χ3n) is 3.74. The molecule has 0 saturated carbocycles. The predicted molar refractivity (Wildman–Crippen MR) is 97.4 cm³/mol. The summed E-state index contributed by atoms with van der Waals surface area (Å²) in [5.41, 5.74) is 2.11. The molecule has 0 aliphatic carbocycles. The van der Waals surface area contributed by atoms with Crippen LogP contribution >= 0.6 is 0 Å². The van der Waals surface area contributed by atoms with Crippen LogP contribution in [0.25, 0.3) is 0 Å². The molecule has 0 aliphatic heterocycles. The SMILES string of the molecule is CN(C)c1ccc(CCCNS(=O)(=O)c2ccc([N+](=O)[O-])cc2)cc1. The maximum atomic E-state index is 12.2. The normalized spacial score (nSPS) is 11.3. The van der Waals surface area contributed by atoms with Crippen molar-refractivity contribution in [2.75, 3.05) is 25.5 Å². The molecule has 0 saturated heterocycles. The van der Waals surface area contributed by atoms with E-state index in [1.54, 1.807) is 0 Å². The molecule has 2 rings (SSSR count). The molecule has 0 spiro atoms. The molecule has 0 aromatic heterocycles. The molecule has 0 atom stereocenters. The fourth-order valence-corrected chi connectivity index (χ4v) is 3.36. The first kappa shape index (κ1) is 18.9. The number of aryl methyl sites for hydroxylation is 1. The van der Waals surface area contributed by atoms with Gasteiger partial charge in [-0.2, -0.15) is 0 Å². The van der Waals surface area contributed by atoms with Gasteiger partial charge < -0.3 is 4.90 Å². The summed E-state index contributed by atoms with van der Waals surface area (Å²) in [6.45, 7) is 0.300. The van der Waals surface area contributed by atoms with E-state index in [0.29, 0.717) is 13.0 Å². The number of nitro groups is 1. The average molecular weight is 363 g/mol. The van der Waals surface area contributed by atoms with E-state index in [9.17, 15) is 18.5 Å². The van der Waals surface area contributed by atoms with Gasteiger partial charge in [0.15, 0.2) is 0 Å². The van der Waals surface area contributed by atoms with Gasteiger partial charge in [0.25, 0.3) is 5.69 Å². The Hall–Kier alpha value is -2.45. The number of hydrogen-bond donors (Lipinski definition) is 1. The summed E-state index contributed by atoms with van der Waals surface area (Å²) in [6.07, 6.45) is 1.42. The lowest BCUT2D eigenvalue weighted by Crippen LogP contribution is -2.25. The molecule has 0 unspecified atom stereocenters. The predicted octanol–water partition coefficient (Wildman–Crippen LogP) is 2.57. The summed E-state index contributed by atoms with van der Waals surface area (Å²) in [4.78, 5) is 12.1. The van der Waals surface area contributed by atoms with Crippen molar-refractivity contribution in [1.82, 2.24) is 4.72 Å². The summed E-state index contributed by atoms with van der Waals surface area (Å²) in [7, 11) is 0.294. The molecule has 0 aliphatic rings. The van der Waals surface area contributed by atoms with E-state index in [4.69, 9.17) is 0 Å². The summed E-state index contributed by atoms with van der Waals surface area (Å²) in [6, 6.07) is 12.9. The molecule has 0 amide bonds. The van der Waals surface area contributed by atoms with Crippen LogP contribution in [0.3, 0.4) is 0 Å². The number of nitrogens with zero attached hydrogens (tertiary/aromatic N) is 2. The first-order valence-corrected chi connectivity index (χ1v) is 9.28. The van der Waals surface area contributed by atoms with Crippen molar-refractivity contribution in [1.29, 1.82) is 0 Å². The maximum Gasteiger partial charge on any atom is 0.269 e. The summed E-state index contributed by atoms with van der Waals surface area (Å²) >= 11 is 0. The molecule has 134 valence electrons. The van der Waals surface area contributed by atoms with E-state index in [1.807, 2.05) is 43.3 Å². The van der Waals surface area contributed by atoms with Gasteiger partial charge >= 0.3 is 0 Å². The van der Waals surface area contributed by atoms with E-state index in [1.165, 1.54) is 24.3 Å². The Bertz CT molecular complexity index is 816. The molecule has 0 bridgehead atoms. The van der Waals surface area contributed by atoms with Crippen molar-refractivity contribution in [3.8, 4) is 0 Å². The number of nitro benzene ring substituents is 1. The van der Waals surface area contributed by atoms with Gasteiger partial charge in [0.1, 0.15) is 0 Å². The molecule has 0 radical (unpaired) electrons. The largest absolute Gasteiger partial charge is 0.378 e. The highest BCUT2D eigenvalue weighted by molar-refractivity contribution is 7.89. The van der Waals surface area contributed by atoms with Gasteiger partial charge in [-0.15, -0.1) is 0 Å². The zero-order chi connectivity index (χ0) is 18.4. The Morgan fingerprint density at radius 1 is 1.04 bits per heavy atom. The van der Waals surface area contributed by atoms with Gasteiger partial charge in [-0.1, -0.05) is 12.1 Å². The first-order valence-electron chi connectivity index (χ1n) is 7.80. The number of nitrogens with one attached hydrogen (secondary N) is 1. The number of benzene rings is 2. The zero-order valence-electron chi connectivity index (χ0n) is 14.2. The van der Waals surface area contributed by atoms with Gasteiger partial charge in [-0.05, 0) is 42.7 Å². The molecule has 25 heavy (non-hydrogen) atoms. The number of rotatable bonds is 8. The topological polar surface area (TPSA) is 92.6 Å². The number of non-ortho nitro benzene ring substituents is 1. The third-order valence-corrected chi connectivity index (χ3v) is 5.22. The zero-order valence-corrected chi connectivity index (χ0v) is 15.0. The van der Waals surface area contributed by atoms with Crippen molar-refractivity contribution in [2.24, 2.45) is 0 Å². The first-order chi connectivity index (χ1) is 11.8. The second-order valence-electron chi connectivity index (χ2n) is 5.81. The van der Waals surface area contributed by atoms with Crippen molar-refractivity contribution in [3.63, 3.8) is 0 Å². The molecular formula is C17H21N3O4S. The molecule has 0 heterocycles. The minimum atomic E-state index is -3.65. The Balaban J connectivity index is 1.86. The van der Waals surface area contributed by atoms with E-state index >= 15 is 0 Å². The molecule has 8 heteroatoms. The van der Waals surface area contributed by atoms with Crippen molar-refractivity contribution < 1.29 is 13.3 Å². The van der Waals surface area contributed by atoms with Gasteiger partial charge in [0, 0.05) is 38.5 Å². The summed E-state index contributed by atoms with van der Waals surface area (Å²) in [5.74, 6) is 0. The van der Waals surface area contributed by atoms with Crippen LogP contribution in [0.15, 0.2) is 53.4 Å². The van der Waals surface area contributed by atoms with Crippen molar-refractivity contribution >= 4 is 21.4 Å². The average Bonchev–Trinajstić information content (AvgIpc) is 2.59. The van der Waals surface area contributed by atoms with E-state index in [0.717, 1.165) is 17.7 Å². The Kier molecular flexibility index (Phi) is 6.11. The Labute approximate surface area is 147 Å². The van der Waals surface area contributed by atoms with Gasteiger partial charge in [0.05, 0.1) is 9.82 Å². The van der Waals surface area contributed by atoms with E-state index in [2.05, 4.69) is 4.72 Å². The standard InChI is InChI=1S/C17H21N3O4S/c1-19(2)15-7-5-14(6-8-15)4-3-13-18-25(23,24)17-11-9-16(10-12-17)20(21)22/h5-12,18H,3-4,13H2,1-2H3. The van der Waals surface area contributed by atoms with Gasteiger partial charge in [0.2, 0.25) is 10.0 Å². The fourth-order valence-electron chi connectivity index (χ4n) is 2.29. The maximum absolute atomic E-state index is 12.2. The van der Waals surface area contributed by atoms with Crippen LogP contribution in [0.4, 0.5) is 11.4 Å². The fraction of sp³-hybridized carbons (Fsp3) is 0.294. The van der Waals surface area contributed by atoms with Crippen LogP contribution in [0.5, 0.6) is 0 Å². The van der Waals surface area contributed by atoms with Gasteiger partial charge in [-0.25, -0.2) is 13.1 Å². The van der Waals surface area contributed by atoms with E-state index < -0.39 is 14.9 Å². The van der Waals surface area contributed by atoms with Gasteiger partial charge in [-0.3, -0.25) is 10.1 Å². The van der Waals surface area contributed by atoms with Crippen LogP contribution in [-0.2, 0) is 16.4 Å². The van der Waals surface area contributed by atoms with Crippen LogP contribution in [-0.4, -0.2) is 34.0 Å². The molecule has 2 aromatic rings. The highest BCUT2D eigenvalue weighted by atomic mass is 32.2. The second kappa shape index (κ2) is 8.09.